The summed E-state index contributed by atoms with van der Waals surface area (Å²) in [6.07, 6.45) is 2.25. The van der Waals surface area contributed by atoms with Crippen molar-refractivity contribution in [2.45, 2.75) is 32.2 Å². The van der Waals surface area contributed by atoms with E-state index in [1.165, 1.54) is 0 Å². The fourth-order valence-electron chi connectivity index (χ4n) is 3.33. The molecule has 31 heavy (non-hydrogen) atoms. The Labute approximate surface area is 181 Å². The second-order valence-electron chi connectivity index (χ2n) is 7.08. The normalized spacial score (nSPS) is 11.7. The van der Waals surface area contributed by atoms with Crippen molar-refractivity contribution in [1.29, 1.82) is 0 Å². The molecule has 2 N–H and O–H groups in total. The number of rotatable bonds is 8. The molecule has 0 bridgehead atoms. The summed E-state index contributed by atoms with van der Waals surface area (Å²) in [4.78, 5) is 33.7. The number of carbonyl (C=O) groups is 2. The average Bonchev–Trinajstić information content (AvgIpc) is 2.82. The number of aliphatic imine (C=N–C) groups is 1. The van der Waals surface area contributed by atoms with Crippen LogP contribution in [0, 0.1) is 0 Å². The maximum absolute atomic E-state index is 12.7. The average molecular weight is 415 g/mol. The largest absolute Gasteiger partial charge is 0.479 e. The maximum atomic E-state index is 12.7. The first-order chi connectivity index (χ1) is 15.0. The minimum absolute atomic E-state index is 0.289. The number of carboxylic acid groups (broad SMARTS) is 1. The summed E-state index contributed by atoms with van der Waals surface area (Å²) in [5, 5.41) is 12.8. The highest BCUT2D eigenvalue weighted by Crippen LogP contribution is 2.27. The molecule has 0 radical (unpaired) electrons. The molecule has 0 unspecified atom stereocenters. The Morgan fingerprint density at radius 3 is 2.19 bits per heavy atom. The van der Waals surface area contributed by atoms with Crippen LogP contribution in [0.1, 0.15) is 48.3 Å². The number of benzene rings is 2. The molecule has 1 heterocycles. The van der Waals surface area contributed by atoms with Crippen molar-refractivity contribution in [3.05, 3.63) is 95.8 Å². The third-order valence-corrected chi connectivity index (χ3v) is 5.27. The lowest BCUT2D eigenvalue weighted by Crippen LogP contribution is -2.36. The number of hydrogen-bond acceptors (Lipinski definition) is 4. The van der Waals surface area contributed by atoms with Crippen LogP contribution in [-0.2, 0) is 4.79 Å². The van der Waals surface area contributed by atoms with E-state index in [9.17, 15) is 14.7 Å². The van der Waals surface area contributed by atoms with Gasteiger partial charge in [0, 0.05) is 17.3 Å². The van der Waals surface area contributed by atoms with E-state index < -0.39 is 11.5 Å². The van der Waals surface area contributed by atoms with Crippen molar-refractivity contribution in [1.82, 2.24) is 4.98 Å². The zero-order valence-corrected chi connectivity index (χ0v) is 17.6. The van der Waals surface area contributed by atoms with Gasteiger partial charge in [-0.25, -0.2) is 4.79 Å². The van der Waals surface area contributed by atoms with Crippen LogP contribution in [0.3, 0.4) is 0 Å². The minimum Gasteiger partial charge on any atom is -0.479 e. The topological polar surface area (TPSA) is 91.7 Å². The second-order valence-corrected chi connectivity index (χ2v) is 7.08. The van der Waals surface area contributed by atoms with Crippen molar-refractivity contribution in [3.8, 4) is 0 Å². The van der Waals surface area contributed by atoms with E-state index in [1.807, 2.05) is 62.4 Å². The minimum atomic E-state index is -1.26. The predicted molar refractivity (Wildman–Crippen MR) is 122 cm³/mol. The Morgan fingerprint density at radius 2 is 1.58 bits per heavy atom. The number of carbonyl (C=O) groups excluding carboxylic acids is 1. The fourth-order valence-corrected chi connectivity index (χ4v) is 3.33. The number of nitrogens with zero attached hydrogens (tertiary/aromatic N) is 2. The van der Waals surface area contributed by atoms with E-state index in [0.717, 1.165) is 5.56 Å². The van der Waals surface area contributed by atoms with E-state index in [4.69, 9.17) is 4.99 Å². The third kappa shape index (κ3) is 4.86. The van der Waals surface area contributed by atoms with Crippen LogP contribution in [0.4, 0.5) is 5.69 Å². The fraction of sp³-hybridized carbons (Fsp3) is 0.200. The van der Waals surface area contributed by atoms with Gasteiger partial charge in [-0.3, -0.25) is 14.8 Å². The molecule has 0 spiro atoms. The number of pyridine rings is 1. The molecular weight excluding hydrogens is 390 g/mol. The molecule has 158 valence electrons. The molecule has 0 aliphatic carbocycles. The van der Waals surface area contributed by atoms with Crippen molar-refractivity contribution in [3.63, 3.8) is 0 Å². The molecule has 3 rings (SSSR count). The molecule has 2 aromatic carbocycles. The van der Waals surface area contributed by atoms with Crippen LogP contribution in [0.15, 0.2) is 84.0 Å². The van der Waals surface area contributed by atoms with Crippen LogP contribution in [0.5, 0.6) is 0 Å². The van der Waals surface area contributed by atoms with Gasteiger partial charge in [-0.1, -0.05) is 68.4 Å². The van der Waals surface area contributed by atoms with Crippen LogP contribution in [-0.4, -0.2) is 33.2 Å². The van der Waals surface area contributed by atoms with Gasteiger partial charge >= 0.3 is 5.97 Å². The summed E-state index contributed by atoms with van der Waals surface area (Å²) in [7, 11) is 0. The lowest BCUT2D eigenvalue weighted by atomic mass is 9.91. The highest BCUT2D eigenvalue weighted by Gasteiger charge is 2.35. The number of carboxylic acids is 1. The van der Waals surface area contributed by atoms with Gasteiger partial charge in [0.05, 0.1) is 11.4 Å². The highest BCUT2D eigenvalue weighted by molar-refractivity contribution is 6.18. The maximum Gasteiger partial charge on any atom is 0.331 e. The number of aromatic nitrogens is 1. The van der Waals surface area contributed by atoms with Gasteiger partial charge in [0.15, 0.2) is 5.54 Å². The molecule has 1 amide bonds. The number of para-hydroxylation sites is 1. The second kappa shape index (κ2) is 9.80. The number of aliphatic carboxylic acids is 1. The first kappa shape index (κ1) is 21.9. The molecule has 6 heteroatoms. The van der Waals surface area contributed by atoms with Gasteiger partial charge in [0.25, 0.3) is 5.91 Å². The molecule has 3 aromatic rings. The van der Waals surface area contributed by atoms with Gasteiger partial charge in [0.2, 0.25) is 0 Å². The van der Waals surface area contributed by atoms with Crippen molar-refractivity contribution >= 4 is 23.3 Å². The molecule has 0 fully saturated rings. The summed E-state index contributed by atoms with van der Waals surface area (Å²) >= 11 is 0. The first-order valence-electron chi connectivity index (χ1n) is 10.2. The number of anilines is 1. The summed E-state index contributed by atoms with van der Waals surface area (Å²) in [5.41, 5.74) is 1.50. The Morgan fingerprint density at radius 1 is 0.935 bits per heavy atom. The Bertz CT molecular complexity index is 1080. The Balaban J connectivity index is 2.14. The van der Waals surface area contributed by atoms with Crippen LogP contribution in [0.2, 0.25) is 0 Å². The smallest absolute Gasteiger partial charge is 0.331 e. The standard InChI is InChI=1S/C25H25N3O3/c1-3-25(4-2,24(30)31)28-22(18-12-6-5-7-13-18)19-14-8-9-15-20(19)27-23(29)21-16-10-11-17-26-21/h5-17H,3-4H2,1-2H3,(H,27,29)(H,30,31). The molecule has 0 saturated carbocycles. The van der Waals surface area contributed by atoms with E-state index in [0.29, 0.717) is 29.8 Å². The zero-order valence-electron chi connectivity index (χ0n) is 17.6. The molecular formula is C25H25N3O3. The summed E-state index contributed by atoms with van der Waals surface area (Å²) in [6.45, 7) is 3.64. The van der Waals surface area contributed by atoms with Crippen LogP contribution < -0.4 is 5.32 Å². The number of hydrogen-bond donors (Lipinski definition) is 2. The Kier molecular flexibility index (Phi) is 6.92. The van der Waals surface area contributed by atoms with Gasteiger partial charge in [-0.2, -0.15) is 0 Å². The quantitative estimate of drug-likeness (QED) is 0.516. The zero-order chi connectivity index (χ0) is 22.3. The molecule has 1 aromatic heterocycles. The van der Waals surface area contributed by atoms with Gasteiger partial charge < -0.3 is 10.4 Å². The SMILES string of the molecule is CCC(CC)(N=C(c1ccccc1)c1ccccc1NC(=O)c1ccccn1)C(=O)O. The van der Waals surface area contributed by atoms with Crippen LogP contribution in [0.25, 0.3) is 0 Å². The van der Waals surface area contributed by atoms with E-state index in [1.54, 1.807) is 30.5 Å². The van der Waals surface area contributed by atoms with Gasteiger partial charge in [0.1, 0.15) is 5.69 Å². The van der Waals surface area contributed by atoms with E-state index >= 15 is 0 Å². The monoisotopic (exact) mass is 415 g/mol. The number of nitrogens with one attached hydrogen (secondary N) is 1. The highest BCUT2D eigenvalue weighted by atomic mass is 16.4. The van der Waals surface area contributed by atoms with Crippen molar-refractivity contribution in [2.24, 2.45) is 4.99 Å². The van der Waals surface area contributed by atoms with E-state index in [-0.39, 0.29) is 11.6 Å². The lowest BCUT2D eigenvalue weighted by Gasteiger charge is -2.25. The number of amides is 1. The molecule has 0 aliphatic rings. The molecule has 0 aliphatic heterocycles. The van der Waals surface area contributed by atoms with Crippen molar-refractivity contribution < 1.29 is 14.7 Å². The summed E-state index contributed by atoms with van der Waals surface area (Å²) in [6, 6.07) is 21.8. The lowest BCUT2D eigenvalue weighted by molar-refractivity contribution is -0.143. The molecule has 6 nitrogen and oxygen atoms in total. The predicted octanol–water partition coefficient (Wildman–Crippen LogP) is 4.81. The van der Waals surface area contributed by atoms with Gasteiger partial charge in [-0.05, 0) is 31.0 Å². The van der Waals surface area contributed by atoms with Crippen molar-refractivity contribution in [2.75, 3.05) is 5.32 Å². The first-order valence-corrected chi connectivity index (χ1v) is 10.2. The third-order valence-electron chi connectivity index (χ3n) is 5.27. The molecule has 0 atom stereocenters. The Hall–Kier alpha value is -3.80. The van der Waals surface area contributed by atoms with Gasteiger partial charge in [-0.15, -0.1) is 0 Å². The van der Waals surface area contributed by atoms with E-state index in [2.05, 4.69) is 10.3 Å². The molecule has 0 saturated heterocycles. The summed E-state index contributed by atoms with van der Waals surface area (Å²) < 4.78 is 0. The summed E-state index contributed by atoms with van der Waals surface area (Å²) in [5.74, 6) is -1.32. The van der Waals surface area contributed by atoms with Crippen LogP contribution >= 0.6 is 0 Å².